The summed E-state index contributed by atoms with van der Waals surface area (Å²) in [6.07, 6.45) is 7.24. The second-order valence-electron chi connectivity index (χ2n) is 12.7. The predicted molar refractivity (Wildman–Crippen MR) is 240 cm³/mol. The first-order valence-electron chi connectivity index (χ1n) is 18.4. The highest BCUT2D eigenvalue weighted by Crippen LogP contribution is 2.21. The van der Waals surface area contributed by atoms with Crippen LogP contribution in [-0.4, -0.2) is 144 Å². The van der Waals surface area contributed by atoms with E-state index in [9.17, 15) is 0 Å². The minimum Gasteiger partial charge on any atom is -0.354 e. The largest absolute Gasteiger partial charge is 0.354 e. The summed E-state index contributed by atoms with van der Waals surface area (Å²) in [5.74, 6) is 3.80. The zero-order chi connectivity index (χ0) is 41.3. The van der Waals surface area contributed by atoms with Crippen molar-refractivity contribution < 1.29 is 0 Å². The third kappa shape index (κ3) is 14.0. The van der Waals surface area contributed by atoms with Crippen molar-refractivity contribution in [1.29, 1.82) is 0 Å². The second kappa shape index (κ2) is 23.4. The predicted octanol–water partition coefficient (Wildman–Crippen LogP) is 4.63. The van der Waals surface area contributed by atoms with E-state index in [0.717, 1.165) is 114 Å². The number of guanidine groups is 4. The lowest BCUT2D eigenvalue weighted by Gasteiger charge is -2.16. The molecule has 4 aliphatic heterocycles. The fourth-order valence-corrected chi connectivity index (χ4v) is 8.32. The lowest BCUT2D eigenvalue weighted by molar-refractivity contribution is 0.456. The average molecular weight is 911 g/mol. The Bertz CT molecular complexity index is 1850. The number of halogens is 4. The first-order valence-corrected chi connectivity index (χ1v) is 21.6. The standard InChI is InChI=1S/2C10H13ClN4.2C8H11ClN4S/c2*1-12-10-13-4-5-15(10)7-8-2-3-9(11)14-6-8;2*1-10-8-11-2-3-13(8)5-6-4-12-7(9)14-6/h2*2-3,6H,4-5,7H2,1H3,(H,12,13);2*4H,2-3,5H2,1H3,(H,10,11). The summed E-state index contributed by atoms with van der Waals surface area (Å²) >= 11 is 26.0. The molecular weight excluding hydrogens is 862 g/mol. The van der Waals surface area contributed by atoms with Crippen molar-refractivity contribution in [2.75, 3.05) is 80.5 Å². The van der Waals surface area contributed by atoms with Crippen molar-refractivity contribution in [2.45, 2.75) is 26.2 Å². The van der Waals surface area contributed by atoms with Gasteiger partial charge in [-0.3, -0.25) is 20.0 Å². The molecule has 0 atom stereocenters. The highest BCUT2D eigenvalue weighted by atomic mass is 35.5. The number of rotatable bonds is 8. The summed E-state index contributed by atoms with van der Waals surface area (Å²) < 4.78 is 1.20. The van der Waals surface area contributed by atoms with Gasteiger partial charge in [-0.25, -0.2) is 19.9 Å². The lowest BCUT2D eigenvalue weighted by Crippen LogP contribution is -2.29. The SMILES string of the molecule is CN=C1NCCN1Cc1ccc(Cl)nc1.CN=C1NCCN1Cc1ccc(Cl)nc1.CN=C1NCCN1Cc1cnc(Cl)s1.CN=C1NCCN1Cc1cnc(Cl)s1. The molecule has 4 fully saturated rings. The molecule has 312 valence electrons. The Kier molecular flexibility index (Phi) is 18.1. The van der Waals surface area contributed by atoms with Gasteiger partial charge < -0.3 is 40.9 Å². The fraction of sp³-hybridized carbons (Fsp3) is 0.444. The van der Waals surface area contributed by atoms with Crippen LogP contribution in [0.4, 0.5) is 0 Å². The quantitative estimate of drug-likeness (QED) is 0.182. The van der Waals surface area contributed by atoms with E-state index in [-0.39, 0.29) is 0 Å². The molecule has 16 nitrogen and oxygen atoms in total. The van der Waals surface area contributed by atoms with Crippen LogP contribution in [-0.2, 0) is 26.2 Å². The van der Waals surface area contributed by atoms with E-state index in [1.165, 1.54) is 32.4 Å². The molecule has 0 saturated carbocycles. The van der Waals surface area contributed by atoms with Gasteiger partial charge in [-0.15, -0.1) is 22.7 Å². The van der Waals surface area contributed by atoms with Gasteiger partial charge in [-0.2, -0.15) is 0 Å². The van der Waals surface area contributed by atoms with Crippen LogP contribution in [0.1, 0.15) is 20.9 Å². The average Bonchev–Trinajstić information content (AvgIpc) is 4.10. The molecule has 4 aromatic rings. The van der Waals surface area contributed by atoms with Crippen LogP contribution in [0.5, 0.6) is 0 Å². The monoisotopic (exact) mass is 908 g/mol. The molecule has 8 rings (SSSR count). The normalized spacial score (nSPS) is 18.6. The van der Waals surface area contributed by atoms with Crippen LogP contribution < -0.4 is 21.3 Å². The van der Waals surface area contributed by atoms with Gasteiger partial charge >= 0.3 is 0 Å². The summed E-state index contributed by atoms with van der Waals surface area (Å²) in [6.45, 7) is 11.1. The Labute approximate surface area is 367 Å². The Morgan fingerprint density at radius 1 is 0.483 bits per heavy atom. The van der Waals surface area contributed by atoms with E-state index in [1.807, 2.05) is 36.7 Å². The Hall–Kier alpha value is -4.20. The highest BCUT2D eigenvalue weighted by molar-refractivity contribution is 7.16. The molecule has 22 heteroatoms. The molecule has 0 amide bonds. The number of aliphatic imine (C=N–C) groups is 4. The van der Waals surface area contributed by atoms with Crippen molar-refractivity contribution in [3.8, 4) is 0 Å². The van der Waals surface area contributed by atoms with Gasteiger partial charge in [-0.05, 0) is 23.3 Å². The molecule has 4 N–H and O–H groups in total. The number of hydrogen-bond donors (Lipinski definition) is 4. The highest BCUT2D eigenvalue weighted by Gasteiger charge is 2.20. The molecule has 4 saturated heterocycles. The topological polar surface area (TPSA) is 162 Å². The Morgan fingerprint density at radius 2 is 0.810 bits per heavy atom. The zero-order valence-electron chi connectivity index (χ0n) is 32.8. The van der Waals surface area contributed by atoms with E-state index >= 15 is 0 Å². The third-order valence-electron chi connectivity index (χ3n) is 8.77. The molecule has 4 aliphatic rings. The third-order valence-corrected chi connectivity index (χ3v) is 11.4. The van der Waals surface area contributed by atoms with Crippen LogP contribution in [0.15, 0.2) is 69.0 Å². The van der Waals surface area contributed by atoms with E-state index in [4.69, 9.17) is 46.4 Å². The number of nitrogens with zero attached hydrogens (tertiary/aromatic N) is 12. The van der Waals surface area contributed by atoms with Crippen LogP contribution >= 0.6 is 69.1 Å². The zero-order valence-corrected chi connectivity index (χ0v) is 37.5. The summed E-state index contributed by atoms with van der Waals surface area (Å²) in [7, 11) is 7.17. The van der Waals surface area contributed by atoms with Crippen LogP contribution in [0.3, 0.4) is 0 Å². The number of aromatic nitrogens is 4. The summed E-state index contributed by atoms with van der Waals surface area (Å²) in [6, 6.07) is 7.59. The summed E-state index contributed by atoms with van der Waals surface area (Å²) in [5.41, 5.74) is 2.29. The van der Waals surface area contributed by atoms with Crippen molar-refractivity contribution in [3.05, 3.63) is 89.2 Å². The van der Waals surface area contributed by atoms with Gasteiger partial charge in [0.05, 0.1) is 13.1 Å². The summed E-state index contributed by atoms with van der Waals surface area (Å²) in [5, 5.41) is 13.9. The number of hydrogen-bond acceptors (Lipinski definition) is 10. The van der Waals surface area contributed by atoms with Crippen LogP contribution in [0.25, 0.3) is 0 Å². The maximum Gasteiger partial charge on any atom is 0.194 e. The van der Waals surface area contributed by atoms with Gasteiger partial charge in [-0.1, -0.05) is 58.5 Å². The molecule has 0 unspecified atom stereocenters. The van der Waals surface area contributed by atoms with Crippen LogP contribution in [0, 0.1) is 0 Å². The maximum atomic E-state index is 5.76. The minimum absolute atomic E-state index is 0.530. The number of pyridine rings is 2. The van der Waals surface area contributed by atoms with E-state index in [2.05, 4.69) is 80.8 Å². The van der Waals surface area contributed by atoms with E-state index in [0.29, 0.717) is 19.2 Å². The molecule has 58 heavy (non-hydrogen) atoms. The molecular formula is C36H48Cl4N16S2. The van der Waals surface area contributed by atoms with Gasteiger partial charge in [0.2, 0.25) is 0 Å². The fourth-order valence-electron chi connectivity index (χ4n) is 6.11. The molecule has 0 aromatic carbocycles. The minimum atomic E-state index is 0.530. The van der Waals surface area contributed by atoms with Crippen molar-refractivity contribution >= 4 is 92.9 Å². The van der Waals surface area contributed by atoms with Gasteiger partial charge in [0.15, 0.2) is 32.8 Å². The second-order valence-corrected chi connectivity index (χ2v) is 16.9. The van der Waals surface area contributed by atoms with E-state index < -0.39 is 0 Å². The number of thiazole rings is 2. The lowest BCUT2D eigenvalue weighted by atomic mass is 10.3. The molecule has 4 aromatic heterocycles. The van der Waals surface area contributed by atoms with Crippen LogP contribution in [0.2, 0.25) is 19.2 Å². The molecule has 0 aliphatic carbocycles. The molecule has 0 bridgehead atoms. The molecule has 0 spiro atoms. The maximum absolute atomic E-state index is 5.76. The number of nitrogens with one attached hydrogen (secondary N) is 4. The Morgan fingerprint density at radius 3 is 1.07 bits per heavy atom. The van der Waals surface area contributed by atoms with E-state index in [1.54, 1.807) is 40.6 Å². The molecule has 8 heterocycles. The van der Waals surface area contributed by atoms with Gasteiger partial charge in [0, 0.05) is 128 Å². The Balaban J connectivity index is 0.000000147. The molecule has 0 radical (unpaired) electrons. The summed E-state index contributed by atoms with van der Waals surface area (Å²) in [4.78, 5) is 43.8. The van der Waals surface area contributed by atoms with Gasteiger partial charge in [0.25, 0.3) is 0 Å². The first-order chi connectivity index (χ1) is 28.2. The smallest absolute Gasteiger partial charge is 0.194 e. The first kappa shape index (κ1) is 44.9. The van der Waals surface area contributed by atoms with Gasteiger partial charge in [0.1, 0.15) is 10.3 Å². The van der Waals surface area contributed by atoms with Crippen molar-refractivity contribution in [3.63, 3.8) is 0 Å². The van der Waals surface area contributed by atoms with Crippen molar-refractivity contribution in [2.24, 2.45) is 20.0 Å². The van der Waals surface area contributed by atoms with Crippen molar-refractivity contribution in [1.82, 2.24) is 60.8 Å².